The molecule has 2 bridgehead atoms. The monoisotopic (exact) mass is 290 g/mol. The number of hydrogen-bond donors (Lipinski definition) is 1. The molecule has 3 heteroatoms. The van der Waals surface area contributed by atoms with E-state index in [1.165, 1.54) is 38.3 Å². The van der Waals surface area contributed by atoms with E-state index in [9.17, 15) is 4.39 Å². The van der Waals surface area contributed by atoms with Crippen LogP contribution < -0.4 is 5.73 Å². The zero-order valence-corrected chi connectivity index (χ0v) is 13.0. The maximum atomic E-state index is 13.2. The van der Waals surface area contributed by atoms with Crippen LogP contribution >= 0.6 is 0 Å². The van der Waals surface area contributed by atoms with Gasteiger partial charge in [0.05, 0.1) is 0 Å². The standard InChI is InChI=1S/C18H27FN2/c1-21(12-16-10-13-5-6-14(16)9-13)8-7-18(20)15-3-2-4-17(19)11-15/h2-4,11,13-14,16,18H,5-10,12,20H2,1H3. The van der Waals surface area contributed by atoms with Crippen LogP contribution in [0.25, 0.3) is 0 Å². The Balaban J connectivity index is 1.44. The molecule has 2 fully saturated rings. The van der Waals surface area contributed by atoms with E-state index >= 15 is 0 Å². The molecule has 0 heterocycles. The van der Waals surface area contributed by atoms with Crippen LogP contribution in [0.15, 0.2) is 24.3 Å². The number of nitrogens with two attached hydrogens (primary N) is 1. The molecule has 4 atom stereocenters. The Morgan fingerprint density at radius 1 is 1.33 bits per heavy atom. The number of benzene rings is 1. The Morgan fingerprint density at radius 2 is 2.19 bits per heavy atom. The molecule has 2 nitrogen and oxygen atoms in total. The van der Waals surface area contributed by atoms with Crippen LogP contribution in [-0.2, 0) is 0 Å². The first-order valence-electron chi connectivity index (χ1n) is 8.31. The fourth-order valence-corrected chi connectivity index (χ4v) is 4.36. The summed E-state index contributed by atoms with van der Waals surface area (Å²) in [6.45, 7) is 2.20. The Labute approximate surface area is 127 Å². The lowest BCUT2D eigenvalue weighted by Gasteiger charge is -2.27. The average molecular weight is 290 g/mol. The number of halogens is 1. The van der Waals surface area contributed by atoms with Crippen molar-refractivity contribution in [2.45, 2.75) is 38.1 Å². The van der Waals surface area contributed by atoms with E-state index in [1.807, 2.05) is 6.07 Å². The maximum absolute atomic E-state index is 13.2. The minimum Gasteiger partial charge on any atom is -0.324 e. The molecule has 2 N–H and O–H groups in total. The molecule has 0 aromatic heterocycles. The Hall–Kier alpha value is -0.930. The largest absolute Gasteiger partial charge is 0.324 e. The normalized spacial score (nSPS) is 29.2. The number of rotatable bonds is 6. The highest BCUT2D eigenvalue weighted by Crippen LogP contribution is 2.48. The minimum atomic E-state index is -0.196. The van der Waals surface area contributed by atoms with E-state index in [-0.39, 0.29) is 11.9 Å². The van der Waals surface area contributed by atoms with Crippen LogP contribution in [-0.4, -0.2) is 25.0 Å². The van der Waals surface area contributed by atoms with Crippen LogP contribution in [0.5, 0.6) is 0 Å². The third-order valence-electron chi connectivity index (χ3n) is 5.53. The summed E-state index contributed by atoms with van der Waals surface area (Å²) in [5.74, 6) is 2.70. The molecule has 0 radical (unpaired) electrons. The van der Waals surface area contributed by atoms with Crippen molar-refractivity contribution >= 4 is 0 Å². The van der Waals surface area contributed by atoms with Crippen LogP contribution in [0.4, 0.5) is 4.39 Å². The number of fused-ring (bicyclic) bond motifs is 2. The summed E-state index contributed by atoms with van der Waals surface area (Å²) < 4.78 is 13.2. The minimum absolute atomic E-state index is 0.0665. The first kappa shape index (κ1) is 15.0. The molecule has 1 aromatic rings. The molecule has 3 rings (SSSR count). The lowest BCUT2D eigenvalue weighted by atomic mass is 9.88. The molecule has 0 spiro atoms. The molecule has 2 aliphatic rings. The van der Waals surface area contributed by atoms with E-state index in [2.05, 4.69) is 11.9 Å². The van der Waals surface area contributed by atoms with Crippen molar-refractivity contribution in [1.29, 1.82) is 0 Å². The summed E-state index contributed by atoms with van der Waals surface area (Å²) in [5.41, 5.74) is 7.09. The maximum Gasteiger partial charge on any atom is 0.123 e. The molecule has 21 heavy (non-hydrogen) atoms. The molecule has 2 aliphatic carbocycles. The Bertz CT molecular complexity index is 476. The molecule has 2 saturated carbocycles. The summed E-state index contributed by atoms with van der Waals surface area (Å²) in [6.07, 6.45) is 6.72. The van der Waals surface area contributed by atoms with Gasteiger partial charge in [0.25, 0.3) is 0 Å². The molecule has 4 unspecified atom stereocenters. The molecule has 1 aromatic carbocycles. The highest BCUT2D eigenvalue weighted by molar-refractivity contribution is 5.19. The number of hydrogen-bond acceptors (Lipinski definition) is 2. The lowest BCUT2D eigenvalue weighted by molar-refractivity contribution is 0.215. The summed E-state index contributed by atoms with van der Waals surface area (Å²) in [7, 11) is 2.20. The zero-order chi connectivity index (χ0) is 14.8. The Kier molecular flexibility index (Phi) is 4.60. The third-order valence-corrected chi connectivity index (χ3v) is 5.53. The van der Waals surface area contributed by atoms with E-state index in [0.29, 0.717) is 0 Å². The summed E-state index contributed by atoms with van der Waals surface area (Å²) in [5, 5.41) is 0. The molecule has 0 saturated heterocycles. The quantitative estimate of drug-likeness (QED) is 0.867. The van der Waals surface area contributed by atoms with Gasteiger partial charge in [-0.15, -0.1) is 0 Å². The summed E-state index contributed by atoms with van der Waals surface area (Å²) >= 11 is 0. The fraction of sp³-hybridized carbons (Fsp3) is 0.667. The molecule has 0 amide bonds. The second-order valence-corrected chi connectivity index (χ2v) is 7.15. The van der Waals surface area contributed by atoms with Crippen LogP contribution in [0, 0.1) is 23.6 Å². The number of nitrogens with zero attached hydrogens (tertiary/aromatic N) is 1. The van der Waals surface area contributed by atoms with Gasteiger partial charge in [0, 0.05) is 12.6 Å². The van der Waals surface area contributed by atoms with Gasteiger partial charge in [-0.3, -0.25) is 0 Å². The first-order chi connectivity index (χ1) is 10.1. The molecular formula is C18H27FN2. The van der Waals surface area contributed by atoms with Gasteiger partial charge < -0.3 is 10.6 Å². The van der Waals surface area contributed by atoms with Gasteiger partial charge in [-0.2, -0.15) is 0 Å². The van der Waals surface area contributed by atoms with Crippen molar-refractivity contribution in [2.75, 3.05) is 20.1 Å². The smallest absolute Gasteiger partial charge is 0.123 e. The zero-order valence-electron chi connectivity index (χ0n) is 13.0. The van der Waals surface area contributed by atoms with Crippen molar-refractivity contribution in [3.05, 3.63) is 35.6 Å². The van der Waals surface area contributed by atoms with Gasteiger partial charge in [0.15, 0.2) is 0 Å². The highest BCUT2D eigenvalue weighted by Gasteiger charge is 2.39. The van der Waals surface area contributed by atoms with Crippen LogP contribution in [0.1, 0.15) is 43.7 Å². The van der Waals surface area contributed by atoms with Gasteiger partial charge in [-0.25, -0.2) is 4.39 Å². The van der Waals surface area contributed by atoms with Crippen molar-refractivity contribution in [3.8, 4) is 0 Å². The molecule has 116 valence electrons. The molecular weight excluding hydrogens is 263 g/mol. The topological polar surface area (TPSA) is 29.3 Å². The van der Waals surface area contributed by atoms with Gasteiger partial charge >= 0.3 is 0 Å². The molecule has 0 aliphatic heterocycles. The predicted molar refractivity (Wildman–Crippen MR) is 84.4 cm³/mol. The van der Waals surface area contributed by atoms with E-state index in [0.717, 1.165) is 36.3 Å². The first-order valence-corrected chi connectivity index (χ1v) is 8.31. The Morgan fingerprint density at radius 3 is 2.86 bits per heavy atom. The van der Waals surface area contributed by atoms with Crippen molar-refractivity contribution in [3.63, 3.8) is 0 Å². The fourth-order valence-electron chi connectivity index (χ4n) is 4.36. The van der Waals surface area contributed by atoms with Gasteiger partial charge in [0.1, 0.15) is 5.82 Å². The van der Waals surface area contributed by atoms with Crippen LogP contribution in [0.3, 0.4) is 0 Å². The van der Waals surface area contributed by atoms with Crippen molar-refractivity contribution in [1.82, 2.24) is 4.90 Å². The van der Waals surface area contributed by atoms with E-state index in [1.54, 1.807) is 12.1 Å². The van der Waals surface area contributed by atoms with E-state index < -0.39 is 0 Å². The second kappa shape index (κ2) is 6.45. The van der Waals surface area contributed by atoms with Gasteiger partial charge in [-0.05, 0) is 74.7 Å². The summed E-state index contributed by atoms with van der Waals surface area (Å²) in [6, 6.07) is 6.62. The van der Waals surface area contributed by atoms with E-state index in [4.69, 9.17) is 5.73 Å². The SMILES string of the molecule is CN(CCC(N)c1cccc(F)c1)CC1CC2CCC1C2. The van der Waals surface area contributed by atoms with Gasteiger partial charge in [0.2, 0.25) is 0 Å². The third kappa shape index (κ3) is 3.64. The van der Waals surface area contributed by atoms with Gasteiger partial charge in [-0.1, -0.05) is 18.6 Å². The van der Waals surface area contributed by atoms with Crippen molar-refractivity contribution in [2.24, 2.45) is 23.5 Å². The second-order valence-electron chi connectivity index (χ2n) is 7.15. The average Bonchev–Trinajstić information content (AvgIpc) is 3.07. The van der Waals surface area contributed by atoms with Crippen molar-refractivity contribution < 1.29 is 4.39 Å². The lowest BCUT2D eigenvalue weighted by Crippen LogP contribution is -2.31. The predicted octanol–water partition coefficient (Wildman–Crippen LogP) is 3.58. The highest BCUT2D eigenvalue weighted by atomic mass is 19.1. The summed E-state index contributed by atoms with van der Waals surface area (Å²) in [4.78, 5) is 2.42. The van der Waals surface area contributed by atoms with Crippen LogP contribution in [0.2, 0.25) is 0 Å².